The van der Waals surface area contributed by atoms with Gasteiger partial charge in [0.25, 0.3) is 0 Å². The Labute approximate surface area is 93.7 Å². The molecule has 3 aliphatic rings. The lowest BCUT2D eigenvalue weighted by Gasteiger charge is -2.32. The Morgan fingerprint density at radius 3 is 2.56 bits per heavy atom. The van der Waals surface area contributed by atoms with Crippen LogP contribution in [0.4, 0.5) is 0 Å². The number of carbonyl (C=O) groups is 1. The van der Waals surface area contributed by atoms with E-state index in [1.807, 2.05) is 0 Å². The molecule has 16 heavy (non-hydrogen) atoms. The molecule has 0 aromatic carbocycles. The van der Waals surface area contributed by atoms with Gasteiger partial charge in [-0.3, -0.25) is 0 Å². The quantitative estimate of drug-likeness (QED) is 0.656. The molecule has 2 saturated heterocycles. The second-order valence-electron chi connectivity index (χ2n) is 4.77. The molecule has 2 aliphatic heterocycles. The van der Waals surface area contributed by atoms with Crippen molar-refractivity contribution >= 4 is 6.29 Å². The van der Waals surface area contributed by atoms with Crippen molar-refractivity contribution in [3.05, 3.63) is 0 Å². The van der Waals surface area contributed by atoms with Gasteiger partial charge in [-0.05, 0) is 12.8 Å². The molecular formula is C11H16O5. The van der Waals surface area contributed by atoms with Crippen LogP contribution in [0.3, 0.4) is 0 Å². The van der Waals surface area contributed by atoms with E-state index in [4.69, 9.17) is 14.2 Å². The van der Waals surface area contributed by atoms with E-state index >= 15 is 0 Å². The summed E-state index contributed by atoms with van der Waals surface area (Å²) in [5, 5.41) is 9.81. The number of aliphatic hydroxyl groups is 1. The molecule has 90 valence electrons. The zero-order chi connectivity index (χ0) is 11.2. The molecule has 1 spiro atoms. The van der Waals surface area contributed by atoms with Gasteiger partial charge in [0.15, 0.2) is 18.4 Å². The van der Waals surface area contributed by atoms with Gasteiger partial charge in [0.05, 0.1) is 0 Å². The average molecular weight is 228 g/mol. The summed E-state index contributed by atoms with van der Waals surface area (Å²) in [7, 11) is 0. The maximum atomic E-state index is 10.6. The summed E-state index contributed by atoms with van der Waals surface area (Å²) in [4.78, 5) is 10.6. The molecule has 1 N–H and O–H groups in total. The van der Waals surface area contributed by atoms with Crippen LogP contribution in [-0.4, -0.2) is 41.8 Å². The third kappa shape index (κ3) is 1.50. The van der Waals surface area contributed by atoms with E-state index in [-0.39, 0.29) is 0 Å². The highest BCUT2D eigenvalue weighted by Crippen LogP contribution is 2.44. The van der Waals surface area contributed by atoms with Crippen LogP contribution in [0.2, 0.25) is 0 Å². The molecule has 0 radical (unpaired) electrons. The van der Waals surface area contributed by atoms with E-state index in [0.29, 0.717) is 6.29 Å². The van der Waals surface area contributed by atoms with Gasteiger partial charge in [0, 0.05) is 12.8 Å². The standard InChI is InChI=1S/C11H16O5/c12-6-7-8(13)9-10(14-7)16-11(15-9)4-2-1-3-5-11/h6-10,13H,1-5H2/t7-,8+,9-,10-/m0/s1. The van der Waals surface area contributed by atoms with Crippen molar-refractivity contribution in [2.75, 3.05) is 0 Å². The number of carbonyl (C=O) groups excluding carboxylic acids is 1. The van der Waals surface area contributed by atoms with Gasteiger partial charge in [0.2, 0.25) is 0 Å². The van der Waals surface area contributed by atoms with Crippen LogP contribution in [0.25, 0.3) is 0 Å². The van der Waals surface area contributed by atoms with Crippen molar-refractivity contribution in [3.63, 3.8) is 0 Å². The SMILES string of the molecule is O=C[C@@H]1O[C@H]2OC3(CCCCC3)O[C@H]2[C@@H]1O. The Balaban J connectivity index is 1.73. The topological polar surface area (TPSA) is 65.0 Å². The van der Waals surface area contributed by atoms with E-state index in [0.717, 1.165) is 25.7 Å². The smallest absolute Gasteiger partial charge is 0.190 e. The fraction of sp³-hybridized carbons (Fsp3) is 0.909. The van der Waals surface area contributed by atoms with Crippen molar-refractivity contribution in [1.82, 2.24) is 0 Å². The first-order valence-electron chi connectivity index (χ1n) is 5.89. The van der Waals surface area contributed by atoms with Gasteiger partial charge in [-0.1, -0.05) is 6.42 Å². The number of aldehydes is 1. The summed E-state index contributed by atoms with van der Waals surface area (Å²) in [6.07, 6.45) is 2.85. The second-order valence-corrected chi connectivity index (χ2v) is 4.77. The van der Waals surface area contributed by atoms with Gasteiger partial charge in [0.1, 0.15) is 18.3 Å². The van der Waals surface area contributed by atoms with Gasteiger partial charge >= 0.3 is 0 Å². The van der Waals surface area contributed by atoms with Gasteiger partial charge in [-0.25, -0.2) is 0 Å². The Kier molecular flexibility index (Phi) is 2.51. The third-order valence-electron chi connectivity index (χ3n) is 3.66. The molecule has 1 saturated carbocycles. The number of hydrogen-bond donors (Lipinski definition) is 1. The van der Waals surface area contributed by atoms with E-state index < -0.39 is 30.4 Å². The molecule has 0 aromatic rings. The van der Waals surface area contributed by atoms with E-state index in [1.54, 1.807) is 0 Å². The Hall–Kier alpha value is -0.490. The normalized spacial score (nSPS) is 45.8. The zero-order valence-electron chi connectivity index (χ0n) is 9.00. The molecule has 0 amide bonds. The molecular weight excluding hydrogens is 212 g/mol. The lowest BCUT2D eigenvalue weighted by Crippen LogP contribution is -2.39. The van der Waals surface area contributed by atoms with E-state index in [1.165, 1.54) is 6.42 Å². The van der Waals surface area contributed by atoms with Crippen molar-refractivity contribution in [2.45, 2.75) is 62.5 Å². The molecule has 0 bridgehead atoms. The highest BCUT2D eigenvalue weighted by molar-refractivity contribution is 5.58. The number of ether oxygens (including phenoxy) is 3. The van der Waals surface area contributed by atoms with Gasteiger partial charge in [-0.15, -0.1) is 0 Å². The lowest BCUT2D eigenvalue weighted by atomic mass is 9.94. The highest BCUT2D eigenvalue weighted by atomic mass is 16.8. The summed E-state index contributed by atoms with van der Waals surface area (Å²) >= 11 is 0. The molecule has 3 fully saturated rings. The van der Waals surface area contributed by atoms with Crippen LogP contribution in [0.5, 0.6) is 0 Å². The van der Waals surface area contributed by atoms with Crippen molar-refractivity contribution in [3.8, 4) is 0 Å². The fourth-order valence-corrected chi connectivity index (χ4v) is 2.81. The van der Waals surface area contributed by atoms with E-state index in [9.17, 15) is 9.90 Å². The monoisotopic (exact) mass is 228 g/mol. The maximum absolute atomic E-state index is 10.6. The fourth-order valence-electron chi connectivity index (χ4n) is 2.81. The molecule has 4 atom stereocenters. The Bertz CT molecular complexity index is 286. The van der Waals surface area contributed by atoms with Gasteiger partial charge in [-0.2, -0.15) is 0 Å². The molecule has 1 aliphatic carbocycles. The van der Waals surface area contributed by atoms with Crippen LogP contribution >= 0.6 is 0 Å². The van der Waals surface area contributed by atoms with E-state index in [2.05, 4.69) is 0 Å². The van der Waals surface area contributed by atoms with Crippen LogP contribution in [-0.2, 0) is 19.0 Å². The summed E-state index contributed by atoms with van der Waals surface area (Å²) < 4.78 is 16.9. The number of rotatable bonds is 1. The predicted molar refractivity (Wildman–Crippen MR) is 52.5 cm³/mol. The summed E-state index contributed by atoms with van der Waals surface area (Å²) in [5.74, 6) is -0.567. The first-order valence-corrected chi connectivity index (χ1v) is 5.89. The molecule has 5 nitrogen and oxygen atoms in total. The zero-order valence-corrected chi connectivity index (χ0v) is 9.00. The first kappa shape index (κ1) is 10.7. The third-order valence-corrected chi connectivity index (χ3v) is 3.66. The van der Waals surface area contributed by atoms with Crippen LogP contribution < -0.4 is 0 Å². The van der Waals surface area contributed by atoms with Crippen molar-refractivity contribution in [2.24, 2.45) is 0 Å². The van der Waals surface area contributed by atoms with Crippen molar-refractivity contribution in [1.29, 1.82) is 0 Å². The minimum absolute atomic E-state index is 0.506. The number of aliphatic hydroxyl groups excluding tert-OH is 1. The van der Waals surface area contributed by atoms with Crippen LogP contribution in [0.15, 0.2) is 0 Å². The summed E-state index contributed by atoms with van der Waals surface area (Å²) in [5.41, 5.74) is 0. The number of hydrogen-bond acceptors (Lipinski definition) is 5. The molecule has 0 unspecified atom stereocenters. The molecule has 3 rings (SSSR count). The van der Waals surface area contributed by atoms with Crippen LogP contribution in [0.1, 0.15) is 32.1 Å². The minimum Gasteiger partial charge on any atom is -0.387 e. The van der Waals surface area contributed by atoms with Crippen molar-refractivity contribution < 1.29 is 24.1 Å². The second kappa shape index (κ2) is 3.77. The average Bonchev–Trinajstić information content (AvgIpc) is 2.77. The Morgan fingerprint density at radius 1 is 1.19 bits per heavy atom. The largest absolute Gasteiger partial charge is 0.387 e. The van der Waals surface area contributed by atoms with Gasteiger partial charge < -0.3 is 24.1 Å². The summed E-state index contributed by atoms with van der Waals surface area (Å²) in [6.45, 7) is 0. The minimum atomic E-state index is -0.899. The lowest BCUT2D eigenvalue weighted by molar-refractivity contribution is -0.242. The number of fused-ring (bicyclic) bond motifs is 1. The summed E-state index contributed by atoms with van der Waals surface area (Å²) in [6, 6.07) is 0. The predicted octanol–water partition coefficient (Wildman–Crippen LogP) is 0.347. The van der Waals surface area contributed by atoms with Crippen LogP contribution in [0, 0.1) is 0 Å². The first-order chi connectivity index (χ1) is 7.74. The Morgan fingerprint density at radius 2 is 1.94 bits per heavy atom. The molecule has 5 heteroatoms. The maximum Gasteiger partial charge on any atom is 0.190 e. The molecule has 2 heterocycles. The molecule has 0 aromatic heterocycles. The highest BCUT2D eigenvalue weighted by Gasteiger charge is 2.57.